The van der Waals surface area contributed by atoms with E-state index in [0.717, 1.165) is 18.8 Å². The zero-order valence-electron chi connectivity index (χ0n) is 14.6. The average molecular weight is 311 g/mol. The van der Waals surface area contributed by atoms with Gasteiger partial charge in [0.2, 0.25) is 5.91 Å². The van der Waals surface area contributed by atoms with E-state index >= 15 is 0 Å². The third-order valence-corrected chi connectivity index (χ3v) is 4.75. The summed E-state index contributed by atoms with van der Waals surface area (Å²) in [6.07, 6.45) is 8.60. The molecule has 0 aliphatic heterocycles. The molecule has 22 heavy (non-hydrogen) atoms. The van der Waals surface area contributed by atoms with Gasteiger partial charge in [-0.25, -0.2) is 0 Å². The summed E-state index contributed by atoms with van der Waals surface area (Å²) in [5, 5.41) is 0. The maximum Gasteiger partial charge on any atom is 0.307 e. The van der Waals surface area contributed by atoms with Crippen molar-refractivity contribution >= 4 is 11.9 Å². The number of amides is 1. The second kappa shape index (κ2) is 10.6. The second-order valence-electron chi connectivity index (χ2n) is 6.33. The maximum atomic E-state index is 12.6. The Hall–Kier alpha value is -1.06. The van der Waals surface area contributed by atoms with Gasteiger partial charge < -0.3 is 9.64 Å². The normalized spacial score (nSPS) is 21.4. The SMILES string of the molecule is CCCCC1CCC(C(=O)N(CC)CCC(=O)OCC)CC1. The lowest BCUT2D eigenvalue weighted by atomic mass is 9.79. The van der Waals surface area contributed by atoms with Gasteiger partial charge in [0, 0.05) is 19.0 Å². The van der Waals surface area contributed by atoms with Gasteiger partial charge in [-0.1, -0.05) is 26.2 Å². The van der Waals surface area contributed by atoms with E-state index in [-0.39, 0.29) is 17.8 Å². The molecule has 1 saturated carbocycles. The van der Waals surface area contributed by atoms with Crippen LogP contribution in [0.1, 0.15) is 72.1 Å². The van der Waals surface area contributed by atoms with Crippen LogP contribution in [0.2, 0.25) is 0 Å². The Bertz CT molecular complexity index is 335. The highest BCUT2D eigenvalue weighted by atomic mass is 16.5. The molecule has 1 amide bonds. The summed E-state index contributed by atoms with van der Waals surface area (Å²) in [4.78, 5) is 25.9. The molecule has 0 aromatic carbocycles. The van der Waals surface area contributed by atoms with E-state index in [9.17, 15) is 9.59 Å². The molecule has 1 aliphatic carbocycles. The van der Waals surface area contributed by atoms with Gasteiger partial charge in [0.15, 0.2) is 0 Å². The molecule has 0 unspecified atom stereocenters. The summed E-state index contributed by atoms with van der Waals surface area (Å²) in [5.74, 6) is 1.01. The molecule has 0 radical (unpaired) electrons. The summed E-state index contributed by atoms with van der Waals surface area (Å²) >= 11 is 0. The molecule has 0 N–H and O–H groups in total. The van der Waals surface area contributed by atoms with Gasteiger partial charge in [0.05, 0.1) is 13.0 Å². The summed E-state index contributed by atoms with van der Waals surface area (Å²) in [6.45, 7) is 7.59. The lowest BCUT2D eigenvalue weighted by molar-refractivity contribution is -0.144. The molecule has 1 fully saturated rings. The number of nitrogens with zero attached hydrogens (tertiary/aromatic N) is 1. The molecule has 0 saturated heterocycles. The maximum absolute atomic E-state index is 12.6. The quantitative estimate of drug-likeness (QED) is 0.609. The topological polar surface area (TPSA) is 46.6 Å². The number of esters is 1. The van der Waals surface area contributed by atoms with Crippen LogP contribution in [0.15, 0.2) is 0 Å². The van der Waals surface area contributed by atoms with Crippen molar-refractivity contribution in [3.05, 3.63) is 0 Å². The summed E-state index contributed by atoms with van der Waals surface area (Å²) in [7, 11) is 0. The van der Waals surface area contributed by atoms with E-state index in [1.165, 1.54) is 32.1 Å². The number of carbonyl (C=O) groups is 2. The molecule has 0 aromatic rings. The first-order valence-corrected chi connectivity index (χ1v) is 9.06. The molecule has 1 aliphatic rings. The van der Waals surface area contributed by atoms with Crippen molar-refractivity contribution in [2.45, 2.75) is 72.1 Å². The fraction of sp³-hybridized carbons (Fsp3) is 0.889. The van der Waals surface area contributed by atoms with Gasteiger partial charge in [-0.05, 0) is 45.4 Å². The third-order valence-electron chi connectivity index (χ3n) is 4.75. The predicted octanol–water partition coefficient (Wildman–Crippen LogP) is 3.78. The standard InChI is InChI=1S/C18H33NO3/c1-4-7-8-15-9-11-16(12-10-15)18(21)19(5-2)14-13-17(20)22-6-3/h15-16H,4-14H2,1-3H3. The van der Waals surface area contributed by atoms with Crippen molar-refractivity contribution in [2.75, 3.05) is 19.7 Å². The fourth-order valence-corrected chi connectivity index (χ4v) is 3.33. The van der Waals surface area contributed by atoms with Gasteiger partial charge in [0.25, 0.3) is 0 Å². The highest BCUT2D eigenvalue weighted by Gasteiger charge is 2.28. The van der Waals surface area contributed by atoms with Gasteiger partial charge in [-0.15, -0.1) is 0 Å². The second-order valence-corrected chi connectivity index (χ2v) is 6.33. The largest absolute Gasteiger partial charge is 0.466 e. The number of hydrogen-bond acceptors (Lipinski definition) is 3. The first kappa shape index (κ1) is 19.0. The van der Waals surface area contributed by atoms with Crippen LogP contribution in [0.5, 0.6) is 0 Å². The van der Waals surface area contributed by atoms with Crippen LogP contribution in [-0.4, -0.2) is 36.5 Å². The van der Waals surface area contributed by atoms with Crippen molar-refractivity contribution < 1.29 is 14.3 Å². The highest BCUT2D eigenvalue weighted by Crippen LogP contribution is 2.32. The van der Waals surface area contributed by atoms with Gasteiger partial charge in [-0.2, -0.15) is 0 Å². The molecule has 0 atom stereocenters. The van der Waals surface area contributed by atoms with Crippen LogP contribution in [0, 0.1) is 11.8 Å². The average Bonchev–Trinajstić information content (AvgIpc) is 2.54. The summed E-state index contributed by atoms with van der Waals surface area (Å²) in [6, 6.07) is 0. The van der Waals surface area contributed by atoms with E-state index < -0.39 is 0 Å². The Balaban J connectivity index is 2.37. The molecule has 0 heterocycles. The lowest BCUT2D eigenvalue weighted by Gasteiger charge is -2.31. The van der Waals surface area contributed by atoms with Gasteiger partial charge in [-0.3, -0.25) is 9.59 Å². The molecule has 0 spiro atoms. The molecule has 4 heteroatoms. The van der Waals surface area contributed by atoms with E-state index in [1.54, 1.807) is 6.92 Å². The molecule has 4 nitrogen and oxygen atoms in total. The van der Waals surface area contributed by atoms with E-state index in [1.807, 2.05) is 11.8 Å². The highest BCUT2D eigenvalue weighted by molar-refractivity contribution is 5.79. The Morgan fingerprint density at radius 2 is 1.77 bits per heavy atom. The first-order chi connectivity index (χ1) is 10.6. The van der Waals surface area contributed by atoms with Crippen molar-refractivity contribution in [2.24, 2.45) is 11.8 Å². The van der Waals surface area contributed by atoms with Crippen LogP contribution in [0.4, 0.5) is 0 Å². The number of rotatable bonds is 9. The van der Waals surface area contributed by atoms with Crippen LogP contribution in [0.3, 0.4) is 0 Å². The molecule has 128 valence electrons. The Labute approximate surface area is 135 Å². The Kier molecular flexibility index (Phi) is 9.17. The summed E-state index contributed by atoms with van der Waals surface area (Å²) < 4.78 is 4.94. The predicted molar refractivity (Wildman–Crippen MR) is 88.5 cm³/mol. The van der Waals surface area contributed by atoms with Crippen molar-refractivity contribution in [1.82, 2.24) is 4.90 Å². The number of carbonyl (C=O) groups excluding carboxylic acids is 2. The lowest BCUT2D eigenvalue weighted by Crippen LogP contribution is -2.39. The number of hydrogen-bond donors (Lipinski definition) is 0. The van der Waals surface area contributed by atoms with Crippen molar-refractivity contribution in [3.63, 3.8) is 0 Å². The third kappa shape index (κ3) is 6.37. The Morgan fingerprint density at radius 1 is 1.09 bits per heavy atom. The van der Waals surface area contributed by atoms with Crippen LogP contribution >= 0.6 is 0 Å². The molecule has 0 bridgehead atoms. The smallest absolute Gasteiger partial charge is 0.307 e. The molecular weight excluding hydrogens is 278 g/mol. The Morgan fingerprint density at radius 3 is 2.32 bits per heavy atom. The summed E-state index contributed by atoms with van der Waals surface area (Å²) in [5.41, 5.74) is 0. The molecule has 0 aromatic heterocycles. The molecule has 1 rings (SSSR count). The van der Waals surface area contributed by atoms with Crippen LogP contribution in [0.25, 0.3) is 0 Å². The van der Waals surface area contributed by atoms with Gasteiger partial charge in [0.1, 0.15) is 0 Å². The van der Waals surface area contributed by atoms with Crippen LogP contribution in [-0.2, 0) is 14.3 Å². The fourth-order valence-electron chi connectivity index (χ4n) is 3.33. The minimum atomic E-state index is -0.211. The zero-order valence-corrected chi connectivity index (χ0v) is 14.6. The first-order valence-electron chi connectivity index (χ1n) is 9.06. The van der Waals surface area contributed by atoms with Crippen LogP contribution < -0.4 is 0 Å². The van der Waals surface area contributed by atoms with Gasteiger partial charge >= 0.3 is 5.97 Å². The monoisotopic (exact) mass is 311 g/mol. The zero-order chi connectivity index (χ0) is 16.4. The molecular formula is C18H33NO3. The minimum Gasteiger partial charge on any atom is -0.466 e. The van der Waals surface area contributed by atoms with E-state index in [2.05, 4.69) is 6.92 Å². The van der Waals surface area contributed by atoms with Crippen molar-refractivity contribution in [3.8, 4) is 0 Å². The minimum absolute atomic E-state index is 0.167. The van der Waals surface area contributed by atoms with Crippen molar-refractivity contribution in [1.29, 1.82) is 0 Å². The van der Waals surface area contributed by atoms with E-state index in [0.29, 0.717) is 26.1 Å². The number of unbranched alkanes of at least 4 members (excludes halogenated alkanes) is 1. The van der Waals surface area contributed by atoms with E-state index in [4.69, 9.17) is 4.74 Å². The number of ether oxygens (including phenoxy) is 1.